The molecule has 9 nitrogen and oxygen atoms in total. The molecular weight excluding hydrogens is 891 g/mol. The Kier molecular flexibility index (Phi) is 10.1. The Hall–Kier alpha value is -7.86. The van der Waals surface area contributed by atoms with E-state index >= 15 is 0 Å². The van der Waals surface area contributed by atoms with Gasteiger partial charge in [-0.2, -0.15) is 0 Å². The minimum atomic E-state index is -1.51. The Balaban J connectivity index is 0.841. The quantitative estimate of drug-likeness (QED) is 0.0825. The van der Waals surface area contributed by atoms with E-state index < -0.39 is 34.6 Å². The minimum absolute atomic E-state index is 0.147. The van der Waals surface area contributed by atoms with Crippen molar-refractivity contribution in [2.24, 2.45) is 0 Å². The van der Waals surface area contributed by atoms with E-state index in [1.807, 2.05) is 0 Å². The maximum Gasteiger partial charge on any atom is 0.336 e. The number of fused-ring (bicyclic) bond motifs is 6. The van der Waals surface area contributed by atoms with Gasteiger partial charge >= 0.3 is 11.9 Å². The van der Waals surface area contributed by atoms with Crippen molar-refractivity contribution in [3.8, 4) is 32.4 Å². The fraction of sp³-hybridized carbons (Fsp3) is 0.123. The number of hydrogen-bond donors (Lipinski definition) is 2. The molecule has 332 valence electrons. The average molecular weight is 930 g/mol. The fourth-order valence-electron chi connectivity index (χ4n) is 10.4. The second kappa shape index (κ2) is 16.5. The molecule has 12 rings (SSSR count). The highest BCUT2D eigenvalue weighted by atomic mass is 32.1. The van der Waals surface area contributed by atoms with Gasteiger partial charge in [-0.25, -0.2) is 9.59 Å². The average Bonchev–Trinajstić information content (AvgIpc) is 4.20. The highest BCUT2D eigenvalue weighted by Gasteiger charge is 2.42. The van der Waals surface area contributed by atoms with E-state index in [0.29, 0.717) is 34.9 Å². The second-order valence-electron chi connectivity index (χ2n) is 17.4. The van der Waals surface area contributed by atoms with E-state index in [2.05, 4.69) is 138 Å². The maximum absolute atomic E-state index is 13.6. The van der Waals surface area contributed by atoms with E-state index in [9.17, 15) is 29.4 Å². The number of Topliss-reactive ketones (excluding diaryl/α,β-unsaturated/α-hetero) is 2. The summed E-state index contributed by atoms with van der Waals surface area (Å²) >= 11 is 2.96. The van der Waals surface area contributed by atoms with Crippen molar-refractivity contribution < 1.29 is 38.9 Å². The third-order valence-corrected chi connectivity index (χ3v) is 15.9. The lowest BCUT2D eigenvalue weighted by atomic mass is 9.94. The van der Waals surface area contributed by atoms with Crippen molar-refractivity contribution in [1.82, 2.24) is 0 Å². The number of allylic oxidation sites excluding steroid dienone is 1. The zero-order chi connectivity index (χ0) is 46.2. The van der Waals surface area contributed by atoms with Gasteiger partial charge in [0.05, 0.1) is 26.5 Å². The van der Waals surface area contributed by atoms with Gasteiger partial charge in [0.15, 0.2) is 23.1 Å². The Bertz CT molecular complexity index is 3400. The summed E-state index contributed by atoms with van der Waals surface area (Å²) in [7, 11) is 0. The van der Waals surface area contributed by atoms with Crippen LogP contribution in [0.25, 0.3) is 48.7 Å². The highest BCUT2D eigenvalue weighted by Crippen LogP contribution is 2.55. The van der Waals surface area contributed by atoms with Gasteiger partial charge in [-0.1, -0.05) is 97.4 Å². The van der Waals surface area contributed by atoms with E-state index in [4.69, 9.17) is 9.47 Å². The number of anilines is 2. The summed E-state index contributed by atoms with van der Waals surface area (Å²) in [6.45, 7) is 0.599. The first-order valence-corrected chi connectivity index (χ1v) is 24.1. The van der Waals surface area contributed by atoms with E-state index in [1.165, 1.54) is 63.0 Å². The zero-order valence-corrected chi connectivity index (χ0v) is 37.9. The molecule has 0 radical (unpaired) electrons. The normalized spacial score (nSPS) is 16.7. The van der Waals surface area contributed by atoms with E-state index in [-0.39, 0.29) is 23.3 Å². The summed E-state index contributed by atoms with van der Waals surface area (Å²) < 4.78 is 13.3. The molecule has 11 heteroatoms. The molecule has 4 aliphatic rings. The van der Waals surface area contributed by atoms with Crippen molar-refractivity contribution in [1.29, 1.82) is 0 Å². The van der Waals surface area contributed by atoms with Gasteiger partial charge in [0.2, 0.25) is 0 Å². The van der Waals surface area contributed by atoms with Gasteiger partial charge < -0.3 is 24.6 Å². The van der Waals surface area contributed by atoms with Gasteiger partial charge in [-0.15, -0.1) is 22.7 Å². The number of aromatic carboxylic acids is 2. The molecule has 2 unspecified atom stereocenters. The Morgan fingerprint density at radius 1 is 0.662 bits per heavy atom. The number of benzene rings is 6. The lowest BCUT2D eigenvalue weighted by Crippen LogP contribution is -2.26. The first-order chi connectivity index (χ1) is 33.2. The predicted molar refractivity (Wildman–Crippen MR) is 267 cm³/mol. The molecule has 4 heterocycles. The summed E-state index contributed by atoms with van der Waals surface area (Å²) in [4.78, 5) is 55.7. The largest absolute Gasteiger partial charge is 0.485 e. The van der Waals surface area contributed by atoms with Crippen LogP contribution in [0.1, 0.15) is 93.7 Å². The van der Waals surface area contributed by atoms with E-state index in [1.54, 1.807) is 11.3 Å². The van der Waals surface area contributed by atoms with Crippen LogP contribution >= 0.6 is 22.7 Å². The molecule has 0 saturated heterocycles. The molecule has 6 aromatic carbocycles. The number of thiophene rings is 2. The number of hydrogen-bond acceptors (Lipinski definition) is 9. The summed E-state index contributed by atoms with van der Waals surface area (Å²) in [5.41, 5.74) is 9.26. The van der Waals surface area contributed by atoms with Crippen LogP contribution < -0.4 is 14.4 Å². The first kappa shape index (κ1) is 41.6. The van der Waals surface area contributed by atoms with Crippen molar-refractivity contribution in [3.05, 3.63) is 194 Å². The van der Waals surface area contributed by atoms with Gasteiger partial charge in [-0.05, 0) is 118 Å². The SMILES string of the molecule is O=C(O)c1cc2c(cc1C(=O)O)C(=O)C(=Cc1sc(-c3cc4ccc(-c5ccc6c(c5)C5CCCC5N6c5ccc(C=C(c6ccccc6)c6ccccc6)cc5)cc4s3)c3c1OCCO3)C2=O. The summed E-state index contributed by atoms with van der Waals surface area (Å²) in [6.07, 6.45) is 7.23. The van der Waals surface area contributed by atoms with Crippen molar-refractivity contribution in [3.63, 3.8) is 0 Å². The predicted octanol–water partition coefficient (Wildman–Crippen LogP) is 13.3. The number of carbonyl (C=O) groups excluding carboxylic acids is 2. The van der Waals surface area contributed by atoms with Crippen LogP contribution in [-0.4, -0.2) is 53.0 Å². The monoisotopic (exact) mass is 929 g/mol. The lowest BCUT2D eigenvalue weighted by molar-refractivity contribution is 0.0651. The molecule has 2 aromatic heterocycles. The van der Waals surface area contributed by atoms with Gasteiger partial charge in [0, 0.05) is 44.0 Å². The molecule has 0 amide bonds. The number of ketones is 2. The number of carboxylic acids is 2. The van der Waals surface area contributed by atoms with E-state index in [0.717, 1.165) is 55.9 Å². The third kappa shape index (κ3) is 6.96. The topological polar surface area (TPSA) is 130 Å². The number of carbonyl (C=O) groups is 4. The first-order valence-electron chi connectivity index (χ1n) is 22.5. The molecule has 1 fully saturated rings. The summed E-state index contributed by atoms with van der Waals surface area (Å²) in [6, 6.07) is 48.0. The molecule has 2 N–H and O–H groups in total. The number of nitrogens with zero attached hydrogens (tertiary/aromatic N) is 1. The maximum atomic E-state index is 13.6. The summed E-state index contributed by atoms with van der Waals surface area (Å²) in [5.74, 6) is -2.98. The highest BCUT2D eigenvalue weighted by molar-refractivity contribution is 7.26. The number of ether oxygens (including phenoxy) is 2. The molecule has 2 aliphatic heterocycles. The minimum Gasteiger partial charge on any atom is -0.485 e. The zero-order valence-electron chi connectivity index (χ0n) is 36.2. The van der Waals surface area contributed by atoms with Crippen LogP contribution in [0.15, 0.2) is 145 Å². The van der Waals surface area contributed by atoms with Crippen LogP contribution in [0, 0.1) is 0 Å². The number of carboxylic acid groups (broad SMARTS) is 2. The standard InChI is InChI=1S/C57H39NO8S2/c59-51-41-28-43(56(61)62)44(57(63)64)29-42(41)52(60)45(51)30-49-53-54(66-23-22-65-53)55(68-49)50-27-36-17-16-35(26-48(36)67-50)34-18-21-47-40(25-34)38-12-7-13-46(38)58(47)37-19-14-31(15-20-37)24-39(32-8-3-1-4-9-32)33-10-5-2-6-11-33/h1-6,8-11,14-21,24-30,38,46H,7,12-13,22-23H2,(H,61,62)(H,63,64). The van der Waals surface area contributed by atoms with Crippen LogP contribution in [0.4, 0.5) is 11.4 Å². The van der Waals surface area contributed by atoms with Crippen LogP contribution in [0.2, 0.25) is 0 Å². The number of rotatable bonds is 9. The van der Waals surface area contributed by atoms with Crippen LogP contribution in [0.3, 0.4) is 0 Å². The molecule has 1 saturated carbocycles. The van der Waals surface area contributed by atoms with Gasteiger partial charge in [0.25, 0.3) is 0 Å². The molecule has 0 bridgehead atoms. The van der Waals surface area contributed by atoms with Crippen LogP contribution in [-0.2, 0) is 0 Å². The van der Waals surface area contributed by atoms with Gasteiger partial charge in [0.1, 0.15) is 13.2 Å². The summed E-state index contributed by atoms with van der Waals surface area (Å²) in [5, 5.41) is 20.3. The molecule has 2 aliphatic carbocycles. The fourth-order valence-corrected chi connectivity index (χ4v) is 12.7. The van der Waals surface area contributed by atoms with Crippen molar-refractivity contribution in [2.75, 3.05) is 18.1 Å². The Morgan fingerprint density at radius 3 is 1.96 bits per heavy atom. The lowest BCUT2D eigenvalue weighted by Gasteiger charge is -2.27. The van der Waals surface area contributed by atoms with Crippen molar-refractivity contribution >= 4 is 85.4 Å². The van der Waals surface area contributed by atoms with Gasteiger partial charge in [-0.3, -0.25) is 9.59 Å². The van der Waals surface area contributed by atoms with Crippen molar-refractivity contribution in [2.45, 2.75) is 31.2 Å². The Labute approximate surface area is 398 Å². The van der Waals surface area contributed by atoms with Crippen LogP contribution in [0.5, 0.6) is 11.5 Å². The third-order valence-electron chi connectivity index (χ3n) is 13.5. The molecular formula is C57H39NO8S2. The molecule has 68 heavy (non-hydrogen) atoms. The molecule has 2 atom stereocenters. The molecule has 0 spiro atoms. The smallest absolute Gasteiger partial charge is 0.336 e. The molecule has 8 aromatic rings. The Morgan fingerprint density at radius 2 is 1.29 bits per heavy atom. The second-order valence-corrected chi connectivity index (χ2v) is 19.5.